The van der Waals surface area contributed by atoms with Crippen LogP contribution in [0.2, 0.25) is 0 Å². The molecule has 1 fully saturated rings. The lowest BCUT2D eigenvalue weighted by Gasteiger charge is -2.37. The van der Waals surface area contributed by atoms with E-state index in [1.165, 1.54) is 50.9 Å². The van der Waals surface area contributed by atoms with Crippen molar-refractivity contribution in [3.8, 4) is 0 Å². The molecule has 0 aliphatic carbocycles. The molecular weight excluding hydrogens is 563 g/mol. The van der Waals surface area contributed by atoms with Gasteiger partial charge in [-0.1, -0.05) is 31.2 Å². The highest BCUT2D eigenvalue weighted by molar-refractivity contribution is 7.85. The summed E-state index contributed by atoms with van der Waals surface area (Å²) in [4.78, 5) is 2.51. The molecule has 1 aliphatic heterocycles. The quantitative estimate of drug-likeness (QED) is 0.112. The number of hydrogen-bond acceptors (Lipinski definition) is 8. The van der Waals surface area contributed by atoms with Crippen LogP contribution in [0.1, 0.15) is 30.9 Å². The Bertz CT molecular complexity index is 1410. The third kappa shape index (κ3) is 10.9. The molecule has 0 spiro atoms. The first-order chi connectivity index (χ1) is 19.4. The summed E-state index contributed by atoms with van der Waals surface area (Å²) >= 11 is 3.55. The molecule has 0 atom stereocenters. The Balaban J connectivity index is 0.000000185. The van der Waals surface area contributed by atoms with Crippen LogP contribution in [-0.2, 0) is 36.6 Å². The summed E-state index contributed by atoms with van der Waals surface area (Å²) in [5, 5.41) is 6.88. The van der Waals surface area contributed by atoms with Gasteiger partial charge < -0.3 is 14.4 Å². The van der Waals surface area contributed by atoms with Gasteiger partial charge in [0.15, 0.2) is 0 Å². The van der Waals surface area contributed by atoms with Crippen molar-refractivity contribution in [2.75, 3.05) is 58.9 Å². The van der Waals surface area contributed by atoms with Crippen LogP contribution in [0.25, 0.3) is 20.2 Å². The van der Waals surface area contributed by atoms with Crippen LogP contribution in [0, 0.1) is 5.92 Å². The molecule has 3 heterocycles. The highest BCUT2D eigenvalue weighted by Crippen LogP contribution is 2.23. The second kappa shape index (κ2) is 16.0. The molecule has 0 saturated carbocycles. The van der Waals surface area contributed by atoms with E-state index >= 15 is 0 Å². The first-order valence-electron chi connectivity index (χ1n) is 14.0. The number of hydrogen-bond donors (Lipinski definition) is 0. The highest BCUT2D eigenvalue weighted by Gasteiger charge is 2.21. The predicted molar refractivity (Wildman–Crippen MR) is 168 cm³/mol. The predicted octanol–water partition coefficient (Wildman–Crippen LogP) is 6.63. The molecule has 6 nitrogen and oxygen atoms in total. The first kappa shape index (κ1) is 31.1. The molecule has 0 radical (unpaired) electrons. The number of thiophene rings is 2. The lowest BCUT2D eigenvalue weighted by atomic mass is 10.0. The lowest BCUT2D eigenvalue weighted by Crippen LogP contribution is -2.45. The molecule has 1 saturated heterocycles. The van der Waals surface area contributed by atoms with Gasteiger partial charge in [0.25, 0.3) is 10.1 Å². The molecule has 1 aliphatic rings. The minimum atomic E-state index is -3.33. The van der Waals surface area contributed by atoms with E-state index in [1.54, 1.807) is 22.7 Å². The van der Waals surface area contributed by atoms with Gasteiger partial charge in [0.1, 0.15) is 0 Å². The van der Waals surface area contributed by atoms with Gasteiger partial charge in [0, 0.05) is 42.2 Å². The summed E-state index contributed by atoms with van der Waals surface area (Å²) in [7, 11) is -3.33. The topological polar surface area (TPSA) is 65.1 Å². The Morgan fingerprint density at radius 1 is 0.775 bits per heavy atom. The van der Waals surface area contributed by atoms with E-state index in [0.717, 1.165) is 44.6 Å². The van der Waals surface area contributed by atoms with Crippen LogP contribution in [0.3, 0.4) is 0 Å². The van der Waals surface area contributed by atoms with Crippen molar-refractivity contribution in [2.24, 2.45) is 5.92 Å². The standard InChI is InChI=1S/C17H23NOS.C14H18O4S2/c1-14-12-18(13-14)7-2-8-19-9-5-15-3-4-17-16(11-15)6-10-20-17;1-20(15,16)18-8-2-7-17-9-5-12-3-4-14-13(11-12)6-10-19-14/h3-4,6,10-11,14H,2,5,7-9,12-13H2,1H3;3-4,6,10-11H,2,5,7-9H2,1H3. The Hall–Kier alpha value is -1.85. The fraction of sp³-hybridized carbons (Fsp3) is 0.484. The second-order valence-electron chi connectivity index (χ2n) is 10.4. The Morgan fingerprint density at radius 2 is 1.32 bits per heavy atom. The molecule has 0 amide bonds. The monoisotopic (exact) mass is 603 g/mol. The fourth-order valence-corrected chi connectivity index (χ4v) is 6.66. The smallest absolute Gasteiger partial charge is 0.264 e. The van der Waals surface area contributed by atoms with Crippen LogP contribution in [0.15, 0.2) is 59.3 Å². The zero-order valence-electron chi connectivity index (χ0n) is 23.5. The van der Waals surface area contributed by atoms with E-state index < -0.39 is 10.1 Å². The molecule has 0 bridgehead atoms. The minimum absolute atomic E-state index is 0.180. The van der Waals surface area contributed by atoms with Gasteiger partial charge in [-0.2, -0.15) is 8.42 Å². The Kier molecular flexibility index (Phi) is 12.4. The van der Waals surface area contributed by atoms with Gasteiger partial charge in [0.05, 0.1) is 26.1 Å². The van der Waals surface area contributed by atoms with Crippen LogP contribution >= 0.6 is 22.7 Å². The van der Waals surface area contributed by atoms with Crippen LogP contribution < -0.4 is 0 Å². The number of likely N-dealkylation sites (tertiary alicyclic amines) is 1. The van der Waals surface area contributed by atoms with Crippen molar-refractivity contribution >= 4 is 53.0 Å². The number of nitrogens with zero attached hydrogens (tertiary/aromatic N) is 1. The maximum absolute atomic E-state index is 10.7. The normalized spacial score (nSPS) is 14.3. The molecule has 0 unspecified atom stereocenters. The molecular formula is C31H41NO5S3. The van der Waals surface area contributed by atoms with Crippen LogP contribution in [0.5, 0.6) is 0 Å². The largest absolute Gasteiger partial charge is 0.381 e. The molecule has 0 N–H and O–H groups in total. The summed E-state index contributed by atoms with van der Waals surface area (Å²) in [5.41, 5.74) is 2.63. The molecule has 218 valence electrons. The number of fused-ring (bicyclic) bond motifs is 2. The average Bonchev–Trinajstić information content (AvgIpc) is 3.57. The van der Waals surface area contributed by atoms with Crippen molar-refractivity contribution in [1.82, 2.24) is 4.90 Å². The van der Waals surface area contributed by atoms with Gasteiger partial charge in [-0.3, -0.25) is 4.18 Å². The van der Waals surface area contributed by atoms with E-state index in [4.69, 9.17) is 9.47 Å². The molecule has 9 heteroatoms. The lowest BCUT2D eigenvalue weighted by molar-refractivity contribution is 0.0827. The highest BCUT2D eigenvalue weighted by atomic mass is 32.2. The maximum atomic E-state index is 10.7. The summed E-state index contributed by atoms with van der Waals surface area (Å²) in [6.45, 7) is 9.13. The van der Waals surface area contributed by atoms with Crippen molar-refractivity contribution in [3.05, 3.63) is 70.4 Å². The molecule has 4 aromatic rings. The molecule has 40 heavy (non-hydrogen) atoms. The first-order valence-corrected chi connectivity index (χ1v) is 17.6. The third-order valence-corrected chi connectivity index (χ3v) is 9.13. The Labute approximate surface area is 247 Å². The summed E-state index contributed by atoms with van der Waals surface area (Å²) in [6, 6.07) is 17.5. The van der Waals surface area contributed by atoms with E-state index in [1.807, 2.05) is 0 Å². The van der Waals surface area contributed by atoms with Crippen molar-refractivity contribution < 1.29 is 22.1 Å². The third-order valence-electron chi connectivity index (χ3n) is 6.74. The number of ether oxygens (including phenoxy) is 2. The fourth-order valence-electron chi connectivity index (χ4n) is 4.70. The maximum Gasteiger partial charge on any atom is 0.264 e. The SMILES string of the molecule is CC1CN(CCCOCCc2ccc3sccc3c2)C1.CS(=O)(=O)OCCCOCCc1ccc2sccc2c1. The van der Waals surface area contributed by atoms with E-state index in [2.05, 4.69) is 75.3 Å². The van der Waals surface area contributed by atoms with Crippen LogP contribution in [0.4, 0.5) is 0 Å². The molecule has 5 rings (SSSR count). The zero-order valence-corrected chi connectivity index (χ0v) is 26.0. The minimum Gasteiger partial charge on any atom is -0.381 e. The van der Waals surface area contributed by atoms with Gasteiger partial charge in [0.2, 0.25) is 0 Å². The van der Waals surface area contributed by atoms with E-state index in [-0.39, 0.29) is 6.61 Å². The number of rotatable bonds is 15. The van der Waals surface area contributed by atoms with E-state index in [0.29, 0.717) is 19.6 Å². The van der Waals surface area contributed by atoms with Gasteiger partial charge >= 0.3 is 0 Å². The molecule has 2 aromatic carbocycles. The molecule has 2 aromatic heterocycles. The summed E-state index contributed by atoms with van der Waals surface area (Å²) < 4.78 is 40.0. The summed E-state index contributed by atoms with van der Waals surface area (Å²) in [5.74, 6) is 0.906. The second-order valence-corrected chi connectivity index (χ2v) is 13.9. The van der Waals surface area contributed by atoms with Gasteiger partial charge in [-0.25, -0.2) is 0 Å². The average molecular weight is 604 g/mol. The van der Waals surface area contributed by atoms with Gasteiger partial charge in [-0.05, 0) is 88.5 Å². The van der Waals surface area contributed by atoms with Crippen molar-refractivity contribution in [1.29, 1.82) is 0 Å². The van der Waals surface area contributed by atoms with Gasteiger partial charge in [-0.15, -0.1) is 22.7 Å². The Morgan fingerprint density at radius 3 is 1.85 bits per heavy atom. The zero-order chi connectivity index (χ0) is 28.2. The number of benzene rings is 2. The van der Waals surface area contributed by atoms with Crippen molar-refractivity contribution in [2.45, 2.75) is 32.6 Å². The summed E-state index contributed by atoms with van der Waals surface area (Å²) in [6.07, 6.45) is 4.67. The van der Waals surface area contributed by atoms with Crippen LogP contribution in [-0.4, -0.2) is 72.2 Å². The van der Waals surface area contributed by atoms with E-state index in [9.17, 15) is 8.42 Å². The van der Waals surface area contributed by atoms with Crippen molar-refractivity contribution in [3.63, 3.8) is 0 Å².